The van der Waals surface area contributed by atoms with Crippen molar-refractivity contribution in [3.63, 3.8) is 0 Å². The molecule has 0 bridgehead atoms. The lowest BCUT2D eigenvalue weighted by Gasteiger charge is -2.21. The summed E-state index contributed by atoms with van der Waals surface area (Å²) >= 11 is 0. The highest BCUT2D eigenvalue weighted by Crippen LogP contribution is 2.19. The van der Waals surface area contributed by atoms with Gasteiger partial charge in [-0.15, -0.1) is 0 Å². The fourth-order valence-electron chi connectivity index (χ4n) is 3.40. The Balaban J connectivity index is 2.05. The predicted octanol–water partition coefficient (Wildman–Crippen LogP) is -2.65. The molecule has 1 aromatic carbocycles. The fourth-order valence-corrected chi connectivity index (χ4v) is 3.40. The van der Waals surface area contributed by atoms with E-state index in [0.29, 0.717) is 5.56 Å². The van der Waals surface area contributed by atoms with Gasteiger partial charge >= 0.3 is 5.97 Å². The van der Waals surface area contributed by atoms with Crippen molar-refractivity contribution in [3.05, 3.63) is 36.0 Å². The van der Waals surface area contributed by atoms with Gasteiger partial charge in [-0.1, -0.05) is 18.2 Å². The van der Waals surface area contributed by atoms with Crippen molar-refractivity contribution in [1.29, 1.82) is 0 Å². The molecule has 194 valence electrons. The zero-order valence-corrected chi connectivity index (χ0v) is 19.3. The molecule has 2 aromatic rings. The number of rotatable bonds is 14. The number of primary amides is 2. The lowest BCUT2D eigenvalue weighted by atomic mass is 10.0. The van der Waals surface area contributed by atoms with Gasteiger partial charge in [0.1, 0.15) is 12.1 Å². The Morgan fingerprint density at radius 3 is 2.28 bits per heavy atom. The van der Waals surface area contributed by atoms with Crippen LogP contribution in [0.15, 0.2) is 30.5 Å². The molecule has 0 radical (unpaired) electrons. The van der Waals surface area contributed by atoms with Crippen LogP contribution in [0.2, 0.25) is 0 Å². The number of aromatic amines is 1. The summed E-state index contributed by atoms with van der Waals surface area (Å²) in [6, 6.07) is 3.33. The summed E-state index contributed by atoms with van der Waals surface area (Å²) in [7, 11) is 0. The van der Waals surface area contributed by atoms with Gasteiger partial charge in [-0.25, -0.2) is 4.79 Å². The van der Waals surface area contributed by atoms with Crippen LogP contribution in [-0.4, -0.2) is 70.3 Å². The van der Waals surface area contributed by atoms with Gasteiger partial charge in [-0.05, 0) is 18.1 Å². The second-order valence-electron chi connectivity index (χ2n) is 8.08. The van der Waals surface area contributed by atoms with Crippen LogP contribution < -0.4 is 33.2 Å². The zero-order chi connectivity index (χ0) is 26.8. The summed E-state index contributed by atoms with van der Waals surface area (Å²) < 4.78 is 0. The van der Waals surface area contributed by atoms with E-state index in [4.69, 9.17) is 17.2 Å². The molecule has 3 unspecified atom stereocenters. The quantitative estimate of drug-likeness (QED) is 0.135. The van der Waals surface area contributed by atoms with Gasteiger partial charge in [0, 0.05) is 29.9 Å². The van der Waals surface area contributed by atoms with E-state index in [1.54, 1.807) is 18.3 Å². The third-order valence-corrected chi connectivity index (χ3v) is 5.23. The topological polar surface area (TPSA) is 253 Å². The Labute approximate surface area is 205 Å². The number of aliphatic carboxylic acids is 1. The second-order valence-corrected chi connectivity index (χ2v) is 8.08. The van der Waals surface area contributed by atoms with Crippen LogP contribution in [0.5, 0.6) is 0 Å². The van der Waals surface area contributed by atoms with Crippen LogP contribution in [0.4, 0.5) is 0 Å². The van der Waals surface area contributed by atoms with Crippen molar-refractivity contribution in [2.45, 2.75) is 43.8 Å². The largest absolute Gasteiger partial charge is 0.480 e. The second kappa shape index (κ2) is 12.9. The SMILES string of the molecule is NC(=O)CCC(NC(=O)CNC(=O)C(N)CC(N)=O)C(=O)NC(Cc1c[nH]c2ccccc12)C(=O)O. The van der Waals surface area contributed by atoms with Crippen LogP contribution in [0.1, 0.15) is 24.8 Å². The lowest BCUT2D eigenvalue weighted by molar-refractivity contribution is -0.142. The van der Waals surface area contributed by atoms with E-state index < -0.39 is 66.6 Å². The number of para-hydroxylation sites is 1. The fraction of sp³-hybridized carbons (Fsp3) is 0.364. The van der Waals surface area contributed by atoms with E-state index in [-0.39, 0.29) is 19.3 Å². The molecule has 0 aliphatic rings. The van der Waals surface area contributed by atoms with Crippen molar-refractivity contribution < 1.29 is 33.9 Å². The first-order valence-electron chi connectivity index (χ1n) is 10.9. The van der Waals surface area contributed by atoms with Gasteiger partial charge in [0.25, 0.3) is 0 Å². The third kappa shape index (κ3) is 8.39. The summed E-state index contributed by atoms with van der Waals surface area (Å²) in [4.78, 5) is 74.0. The average molecular weight is 504 g/mol. The molecule has 5 amide bonds. The van der Waals surface area contributed by atoms with Crippen LogP contribution in [-0.2, 0) is 35.2 Å². The minimum Gasteiger partial charge on any atom is -0.480 e. The summed E-state index contributed by atoms with van der Waals surface area (Å²) in [6.07, 6.45) is 0.695. The first kappa shape index (κ1) is 27.8. The molecule has 2 rings (SSSR count). The summed E-state index contributed by atoms with van der Waals surface area (Å²) in [5.41, 5.74) is 17.1. The molecule has 1 heterocycles. The number of amides is 5. The normalized spacial score (nSPS) is 13.2. The molecule has 0 aliphatic heterocycles. The highest BCUT2D eigenvalue weighted by atomic mass is 16.4. The maximum Gasteiger partial charge on any atom is 0.326 e. The zero-order valence-electron chi connectivity index (χ0n) is 19.3. The number of aromatic nitrogens is 1. The lowest BCUT2D eigenvalue weighted by Crippen LogP contribution is -2.54. The molecule has 0 spiro atoms. The number of carboxylic acids is 1. The highest BCUT2D eigenvalue weighted by molar-refractivity contribution is 5.94. The number of H-pyrrole nitrogens is 1. The van der Waals surface area contributed by atoms with E-state index in [1.165, 1.54) is 0 Å². The first-order valence-corrected chi connectivity index (χ1v) is 10.9. The Bertz CT molecular complexity index is 1150. The molecule has 36 heavy (non-hydrogen) atoms. The van der Waals surface area contributed by atoms with E-state index in [9.17, 15) is 33.9 Å². The smallest absolute Gasteiger partial charge is 0.326 e. The Hall–Kier alpha value is -4.46. The average Bonchev–Trinajstić information content (AvgIpc) is 3.21. The van der Waals surface area contributed by atoms with E-state index in [2.05, 4.69) is 20.9 Å². The van der Waals surface area contributed by atoms with Gasteiger partial charge in [0.05, 0.1) is 19.0 Å². The number of nitrogens with two attached hydrogens (primary N) is 3. The van der Waals surface area contributed by atoms with E-state index >= 15 is 0 Å². The molecule has 14 nitrogen and oxygen atoms in total. The first-order chi connectivity index (χ1) is 17.0. The van der Waals surface area contributed by atoms with Crippen LogP contribution in [0.3, 0.4) is 0 Å². The number of benzene rings is 1. The minimum absolute atomic E-state index is 0.0462. The van der Waals surface area contributed by atoms with Gasteiger partial charge in [-0.2, -0.15) is 0 Å². The molecule has 0 saturated carbocycles. The molecular formula is C22H29N7O7. The Kier molecular flexibility index (Phi) is 9.92. The standard InChI is InChI=1S/C22H29N7O7/c23-13(8-18(25)31)20(33)27-10-19(32)28-15(5-6-17(24)30)21(34)29-16(22(35)36)7-11-9-26-14-4-2-1-3-12(11)14/h1-4,9,13,15-16,26H,5-8,10,23H2,(H2,24,30)(H2,25,31)(H,27,33)(H,28,32)(H,29,34)(H,35,36). The summed E-state index contributed by atoms with van der Waals surface area (Å²) in [5.74, 6) is -5.32. The number of carbonyl (C=O) groups excluding carboxylic acids is 5. The van der Waals surface area contributed by atoms with Crippen LogP contribution in [0.25, 0.3) is 10.9 Å². The molecular weight excluding hydrogens is 474 g/mol. The molecule has 14 heteroatoms. The number of carbonyl (C=O) groups is 6. The molecule has 0 fully saturated rings. The molecule has 3 atom stereocenters. The number of fused-ring (bicyclic) bond motifs is 1. The van der Waals surface area contributed by atoms with Crippen molar-refractivity contribution in [2.24, 2.45) is 17.2 Å². The van der Waals surface area contributed by atoms with Crippen molar-refractivity contribution in [2.75, 3.05) is 6.54 Å². The van der Waals surface area contributed by atoms with Crippen molar-refractivity contribution in [3.8, 4) is 0 Å². The molecule has 1 aromatic heterocycles. The van der Waals surface area contributed by atoms with Gasteiger partial charge < -0.3 is 43.2 Å². The van der Waals surface area contributed by atoms with Crippen molar-refractivity contribution in [1.82, 2.24) is 20.9 Å². The monoisotopic (exact) mass is 503 g/mol. The van der Waals surface area contributed by atoms with E-state index in [0.717, 1.165) is 10.9 Å². The number of nitrogens with one attached hydrogen (secondary N) is 4. The maximum atomic E-state index is 12.9. The third-order valence-electron chi connectivity index (χ3n) is 5.23. The molecule has 0 saturated heterocycles. The van der Waals surface area contributed by atoms with E-state index in [1.807, 2.05) is 12.1 Å². The van der Waals surface area contributed by atoms with Crippen LogP contribution in [0, 0.1) is 0 Å². The minimum atomic E-state index is -1.34. The Morgan fingerprint density at radius 2 is 1.64 bits per heavy atom. The van der Waals surface area contributed by atoms with Crippen molar-refractivity contribution >= 4 is 46.4 Å². The molecule has 11 N–H and O–H groups in total. The number of carboxylic acid groups (broad SMARTS) is 1. The summed E-state index contributed by atoms with van der Waals surface area (Å²) in [6.45, 7) is -0.594. The number of hydrogen-bond donors (Lipinski definition) is 8. The number of hydrogen-bond acceptors (Lipinski definition) is 7. The van der Waals surface area contributed by atoms with Gasteiger partial charge in [0.15, 0.2) is 0 Å². The Morgan fingerprint density at radius 1 is 0.944 bits per heavy atom. The molecule has 0 aliphatic carbocycles. The van der Waals surface area contributed by atoms with Crippen LogP contribution >= 0.6 is 0 Å². The summed E-state index contributed by atoms with van der Waals surface area (Å²) in [5, 5.41) is 17.4. The predicted molar refractivity (Wildman–Crippen MR) is 127 cm³/mol. The van der Waals surface area contributed by atoms with Gasteiger partial charge in [-0.3, -0.25) is 24.0 Å². The highest BCUT2D eigenvalue weighted by Gasteiger charge is 2.28. The van der Waals surface area contributed by atoms with Gasteiger partial charge in [0.2, 0.25) is 29.5 Å². The maximum absolute atomic E-state index is 12.9.